The van der Waals surface area contributed by atoms with Crippen molar-refractivity contribution < 1.29 is 0 Å². The Morgan fingerprint density at radius 2 is 0.231 bits per heavy atom. The number of rotatable bonds is 0. The monoisotopic (exact) mass is 1560 g/mol. The lowest BCUT2D eigenvalue weighted by Crippen LogP contribution is -2.01. The molecule has 9 heteroatoms. The Kier molecular flexibility index (Phi) is 28.1. The molecule has 0 aliphatic carbocycles. The molecule has 7 heterocycles. The van der Waals surface area contributed by atoms with Crippen LogP contribution in [0.15, 0.2) is 0 Å². The van der Waals surface area contributed by atoms with Crippen LogP contribution in [-0.2, 0) is 0 Å². The van der Waals surface area contributed by atoms with Gasteiger partial charge in [0.05, 0.1) is 27.9 Å². The quantitative estimate of drug-likeness (QED) is 0.146. The van der Waals surface area contributed by atoms with Crippen LogP contribution in [0.4, 0.5) is 0 Å². The van der Waals surface area contributed by atoms with Crippen molar-refractivity contribution in [1.29, 1.82) is 0 Å². The summed E-state index contributed by atoms with van der Waals surface area (Å²) in [4.78, 5) is 41.8. The van der Waals surface area contributed by atoms with E-state index in [9.17, 15) is 0 Å². The first-order chi connectivity index (χ1) is 54.2. The second kappa shape index (κ2) is 35.4. The number of nitrogens with zero attached hydrogens (tertiary/aromatic N) is 9. The van der Waals surface area contributed by atoms with Gasteiger partial charge in [0.1, 0.15) is 5.82 Å². The Labute approximate surface area is 705 Å². The molecule has 618 valence electrons. The van der Waals surface area contributed by atoms with E-state index in [0.29, 0.717) is 0 Å². The second-order valence-electron chi connectivity index (χ2n) is 35.0. The van der Waals surface area contributed by atoms with Gasteiger partial charge in [-0.05, 0) is 536 Å². The second-order valence-corrected chi connectivity index (χ2v) is 35.0. The van der Waals surface area contributed by atoms with Gasteiger partial charge in [-0.25, -0.2) is 19.9 Å². The van der Waals surface area contributed by atoms with Crippen molar-refractivity contribution in [1.82, 2.24) is 44.9 Å². The number of benzene rings is 7. The van der Waals surface area contributed by atoms with Crippen molar-refractivity contribution in [3.8, 4) is 0 Å². The summed E-state index contributed by atoms with van der Waals surface area (Å²) < 4.78 is 0. The van der Waals surface area contributed by atoms with Gasteiger partial charge in [-0.3, -0.25) is 24.9 Å². The molecule has 0 unspecified atom stereocenters. The van der Waals surface area contributed by atoms with Crippen LogP contribution in [-0.4, -0.2) is 44.9 Å². The Bertz CT molecular complexity index is 5760. The minimum Gasteiger partial charge on any atom is -0.258 e. The van der Waals surface area contributed by atoms with E-state index in [4.69, 9.17) is 0 Å². The highest BCUT2D eigenvalue weighted by atomic mass is 14.9. The topological polar surface area (TPSA) is 116 Å². The van der Waals surface area contributed by atoms with E-state index in [1.54, 1.807) is 0 Å². The van der Waals surface area contributed by atoms with Crippen LogP contribution in [0.2, 0.25) is 0 Å². The lowest BCUT2D eigenvalue weighted by molar-refractivity contribution is 1.04. The van der Waals surface area contributed by atoms with Crippen LogP contribution >= 0.6 is 0 Å². The number of hydrogen-bond acceptors (Lipinski definition) is 9. The highest BCUT2D eigenvalue weighted by Crippen LogP contribution is 2.40. The zero-order valence-corrected chi connectivity index (χ0v) is 81.5. The first-order valence-corrected chi connectivity index (χ1v) is 42.3. The lowest BCUT2D eigenvalue weighted by atomic mass is 9.89. The minimum absolute atomic E-state index is 0.857. The van der Waals surface area contributed by atoms with Crippen LogP contribution in [0.1, 0.15) is 263 Å². The highest BCUT2D eigenvalue weighted by Gasteiger charge is 2.22. The smallest absolute Gasteiger partial charge is 0.126 e. The maximum Gasteiger partial charge on any atom is 0.126 e. The SMILES string of the molecule is Cc1nc(C)c2c(C)c(C)c(C)c(C)c2c1C.Cc1nc(C)c2c(C)c(C)c(C)c(C)c2c1C.Cc1nc(C)c2c(C)c(C)c(C)c(C)c2c1C.Cc1nc(C)c2c(C)c(C)c(C)c(C)c2c1C.Cc1nc(C)c2c(C)c(C)c(C)c(C)c2c1C.Cc1nc(C)c2c(C)c(C)c(C)c(C)c2n1.Cc1nc2c(C)c(C)c(C)c(C)c2nc1C. The van der Waals surface area contributed by atoms with Crippen LogP contribution in [0.25, 0.3) is 75.8 Å². The Balaban J connectivity index is 0.000000170. The van der Waals surface area contributed by atoms with Crippen molar-refractivity contribution in [2.24, 2.45) is 0 Å². The standard InChI is InChI=1S/5C16H21N.2C14H18N2/c5*1-8-9(2)11(4)16-14(7)17-13(6)12(5)15(16)10(8)3;1-7-8(2)10(4)14-13(9(7)3)11(5)15-12(6)16-14;1-7-8(2)10(4)14-13(9(7)3)15-11(5)12(6)16-14/h5*1-7H3;2*1-6H3. The van der Waals surface area contributed by atoms with Gasteiger partial charge in [0.2, 0.25) is 0 Å². The molecule has 0 aliphatic rings. The Morgan fingerprint density at radius 1 is 0.0855 bits per heavy atom. The summed E-state index contributed by atoms with van der Waals surface area (Å²) in [5, 5.41) is 15.1. The van der Waals surface area contributed by atoms with Crippen molar-refractivity contribution in [3.05, 3.63) is 263 Å². The molecule has 0 radical (unpaired) electrons. The van der Waals surface area contributed by atoms with Gasteiger partial charge < -0.3 is 0 Å². The molecular formula is C108H141N9. The van der Waals surface area contributed by atoms with Crippen molar-refractivity contribution in [2.75, 3.05) is 0 Å². The molecule has 14 aromatic rings. The average Bonchev–Trinajstić information content (AvgIpc) is 0.743. The third kappa shape index (κ3) is 16.8. The van der Waals surface area contributed by atoms with E-state index in [2.05, 4.69) is 350 Å². The molecule has 9 nitrogen and oxygen atoms in total. The van der Waals surface area contributed by atoms with Crippen molar-refractivity contribution >= 4 is 75.8 Å². The molecule has 0 atom stereocenters. The van der Waals surface area contributed by atoms with Crippen LogP contribution in [0, 0.1) is 325 Å². The molecule has 0 bridgehead atoms. The van der Waals surface area contributed by atoms with Gasteiger partial charge in [0.25, 0.3) is 0 Å². The van der Waals surface area contributed by atoms with E-state index in [-0.39, 0.29) is 0 Å². The Hall–Kier alpha value is -9.73. The summed E-state index contributed by atoms with van der Waals surface area (Å²) in [7, 11) is 0. The average molecular weight is 1570 g/mol. The van der Waals surface area contributed by atoms with Gasteiger partial charge in [-0.15, -0.1) is 0 Å². The zero-order valence-electron chi connectivity index (χ0n) is 81.5. The zero-order chi connectivity index (χ0) is 88.6. The van der Waals surface area contributed by atoms with E-state index in [0.717, 1.165) is 96.4 Å². The summed E-state index contributed by atoms with van der Waals surface area (Å²) in [6.45, 7) is 102. The van der Waals surface area contributed by atoms with Gasteiger partial charge in [-0.1, -0.05) is 0 Å². The fourth-order valence-corrected chi connectivity index (χ4v) is 18.4. The van der Waals surface area contributed by atoms with Gasteiger partial charge >= 0.3 is 0 Å². The van der Waals surface area contributed by atoms with E-state index in [1.807, 2.05) is 20.8 Å². The van der Waals surface area contributed by atoms with Crippen molar-refractivity contribution in [3.63, 3.8) is 0 Å². The largest absolute Gasteiger partial charge is 0.258 e. The molecule has 0 spiro atoms. The highest BCUT2D eigenvalue weighted by molar-refractivity contribution is 6.00. The van der Waals surface area contributed by atoms with Gasteiger partial charge in [-0.2, -0.15) is 0 Å². The van der Waals surface area contributed by atoms with Crippen molar-refractivity contribution in [2.45, 2.75) is 325 Å². The summed E-state index contributed by atoms with van der Waals surface area (Å²) in [5.74, 6) is 0.857. The predicted molar refractivity (Wildman–Crippen MR) is 510 cm³/mol. The molecule has 0 aliphatic heterocycles. The van der Waals surface area contributed by atoms with Crippen LogP contribution in [0.5, 0.6) is 0 Å². The fourth-order valence-electron chi connectivity index (χ4n) is 18.4. The molecule has 7 aromatic carbocycles. The number of fused-ring (bicyclic) bond motifs is 7. The number of aryl methyl sites for hydroxylation is 33. The molecule has 0 saturated carbocycles. The van der Waals surface area contributed by atoms with E-state index >= 15 is 0 Å². The fraction of sp³-hybridized carbons (Fsp3) is 0.435. The molecule has 117 heavy (non-hydrogen) atoms. The van der Waals surface area contributed by atoms with Gasteiger partial charge in [0.15, 0.2) is 0 Å². The predicted octanol–water partition coefficient (Wildman–Crippen LogP) is 28.9. The molecule has 14 rings (SSSR count). The number of pyridine rings is 5. The molecular weight excluding hydrogens is 1420 g/mol. The molecule has 0 fully saturated rings. The van der Waals surface area contributed by atoms with E-state index in [1.165, 1.54) is 243 Å². The molecule has 7 aromatic heterocycles. The third-order valence-corrected chi connectivity index (χ3v) is 28.8. The Morgan fingerprint density at radius 3 is 0.419 bits per heavy atom. The van der Waals surface area contributed by atoms with Gasteiger partial charge in [0, 0.05) is 95.0 Å². The maximum atomic E-state index is 4.68. The first kappa shape index (κ1) is 92.8. The lowest BCUT2D eigenvalue weighted by Gasteiger charge is -2.18. The first-order valence-electron chi connectivity index (χ1n) is 42.3. The summed E-state index contributed by atoms with van der Waals surface area (Å²) in [6, 6.07) is 0. The number of hydrogen-bond donors (Lipinski definition) is 0. The van der Waals surface area contributed by atoms with Crippen LogP contribution < -0.4 is 0 Å². The molecule has 0 N–H and O–H groups in total. The molecule has 0 amide bonds. The summed E-state index contributed by atoms with van der Waals surface area (Å²) in [5.41, 5.74) is 63.2. The third-order valence-electron chi connectivity index (χ3n) is 28.8. The normalized spacial score (nSPS) is 11.2. The van der Waals surface area contributed by atoms with Crippen LogP contribution in [0.3, 0.4) is 0 Å². The molecule has 0 saturated heterocycles. The number of aromatic nitrogens is 9. The van der Waals surface area contributed by atoms with E-state index < -0.39 is 0 Å². The maximum absolute atomic E-state index is 4.68. The summed E-state index contributed by atoms with van der Waals surface area (Å²) in [6.07, 6.45) is 0. The summed E-state index contributed by atoms with van der Waals surface area (Å²) >= 11 is 0. The minimum atomic E-state index is 0.857.